The summed E-state index contributed by atoms with van der Waals surface area (Å²) >= 11 is 0. The molecule has 162 valence electrons. The summed E-state index contributed by atoms with van der Waals surface area (Å²) in [6.07, 6.45) is 3.81. The van der Waals surface area contributed by atoms with Gasteiger partial charge in [-0.1, -0.05) is 53.5 Å². The van der Waals surface area contributed by atoms with Crippen LogP contribution in [0.1, 0.15) is 68.7 Å². The van der Waals surface area contributed by atoms with E-state index in [2.05, 4.69) is 45.5 Å². The summed E-state index contributed by atoms with van der Waals surface area (Å²) in [6.45, 7) is 33.0. The third-order valence-electron chi connectivity index (χ3n) is 4.20. The molecule has 3 N–H and O–H groups in total. The fourth-order valence-corrected chi connectivity index (χ4v) is 1.76. The van der Waals surface area contributed by atoms with Crippen molar-refractivity contribution in [3.05, 3.63) is 49.9 Å². The van der Waals surface area contributed by atoms with E-state index in [1.807, 2.05) is 48.5 Å². The first-order valence-electron chi connectivity index (χ1n) is 9.88. The van der Waals surface area contributed by atoms with Gasteiger partial charge in [0.15, 0.2) is 0 Å². The van der Waals surface area contributed by atoms with Crippen LogP contribution in [-0.4, -0.2) is 31.7 Å². The molecule has 28 heavy (non-hydrogen) atoms. The highest BCUT2D eigenvalue weighted by Crippen LogP contribution is 2.32. The normalized spacial score (nSPS) is 13.9. The van der Waals surface area contributed by atoms with Crippen molar-refractivity contribution in [2.24, 2.45) is 11.1 Å². The maximum atomic E-state index is 6.45. The molecule has 0 fully saturated rings. The molecule has 2 radical (unpaired) electrons. The molecular formula is C23H45BN2O2. The number of allylic oxidation sites excluding steroid dienone is 3. The van der Waals surface area contributed by atoms with Crippen molar-refractivity contribution in [2.75, 3.05) is 6.61 Å². The zero-order valence-electron chi connectivity index (χ0n) is 19.9. The van der Waals surface area contributed by atoms with Gasteiger partial charge in [0.25, 0.3) is 0 Å². The minimum Gasteiger partial charge on any atom is -0.487 e. The fourth-order valence-electron chi connectivity index (χ4n) is 1.76. The van der Waals surface area contributed by atoms with Crippen molar-refractivity contribution in [1.82, 2.24) is 5.32 Å². The molecule has 0 aliphatic carbocycles. The molecule has 0 saturated heterocycles. The Morgan fingerprint density at radius 2 is 1.57 bits per heavy atom. The Kier molecular flexibility index (Phi) is 16.2. The second kappa shape index (κ2) is 14.5. The highest BCUT2D eigenvalue weighted by atomic mass is 16.5. The van der Waals surface area contributed by atoms with Gasteiger partial charge in [-0.3, -0.25) is 0 Å². The Morgan fingerprint density at radius 3 is 1.93 bits per heavy atom. The molecule has 0 aromatic carbocycles. The van der Waals surface area contributed by atoms with E-state index in [1.54, 1.807) is 12.2 Å². The zero-order chi connectivity index (χ0) is 23.2. The molecular weight excluding hydrogens is 347 g/mol. The lowest BCUT2D eigenvalue weighted by molar-refractivity contribution is -0.00270. The van der Waals surface area contributed by atoms with Crippen molar-refractivity contribution < 1.29 is 9.47 Å². The van der Waals surface area contributed by atoms with Gasteiger partial charge in [0.05, 0.1) is 0 Å². The number of rotatable bonds is 11. The number of hydrogen-bond donors (Lipinski definition) is 2. The summed E-state index contributed by atoms with van der Waals surface area (Å²) in [4.78, 5) is 0. The molecule has 5 heteroatoms. The van der Waals surface area contributed by atoms with Crippen LogP contribution in [0.2, 0.25) is 0 Å². The van der Waals surface area contributed by atoms with Crippen LogP contribution in [0.5, 0.6) is 0 Å². The highest BCUT2D eigenvalue weighted by molar-refractivity contribution is 6.16. The summed E-state index contributed by atoms with van der Waals surface area (Å²) < 4.78 is 11.2. The Hall–Kier alpha value is -1.46. The van der Waals surface area contributed by atoms with Gasteiger partial charge in [-0.15, -0.1) is 6.58 Å². The van der Waals surface area contributed by atoms with Crippen LogP contribution in [0, 0.1) is 5.41 Å². The third-order valence-corrected chi connectivity index (χ3v) is 4.20. The molecule has 0 aliphatic rings. The van der Waals surface area contributed by atoms with E-state index >= 15 is 0 Å². The van der Waals surface area contributed by atoms with E-state index in [0.29, 0.717) is 12.4 Å². The number of ether oxygens (including phenoxy) is 2. The molecule has 0 saturated carbocycles. The fraction of sp³-hybridized carbons (Fsp3) is 0.652. The van der Waals surface area contributed by atoms with Crippen LogP contribution in [0.15, 0.2) is 49.9 Å². The van der Waals surface area contributed by atoms with Gasteiger partial charge in [0, 0.05) is 23.2 Å². The summed E-state index contributed by atoms with van der Waals surface area (Å²) in [5.74, 6) is 0.476. The van der Waals surface area contributed by atoms with Gasteiger partial charge >= 0.3 is 0 Å². The average molecular weight is 392 g/mol. The number of hydrogen-bond acceptors (Lipinski definition) is 4. The van der Waals surface area contributed by atoms with Gasteiger partial charge in [0.1, 0.15) is 25.4 Å². The van der Waals surface area contributed by atoms with Gasteiger partial charge in [-0.2, -0.15) is 0 Å². The summed E-state index contributed by atoms with van der Waals surface area (Å²) in [6, 6.07) is 0. The van der Waals surface area contributed by atoms with E-state index in [4.69, 9.17) is 23.1 Å². The Bertz CT molecular complexity index is 481. The molecule has 2 atom stereocenters. The van der Waals surface area contributed by atoms with E-state index in [0.717, 1.165) is 12.1 Å². The van der Waals surface area contributed by atoms with E-state index in [1.165, 1.54) is 0 Å². The lowest BCUT2D eigenvalue weighted by Gasteiger charge is -2.46. The first kappa shape index (κ1) is 31.2. The van der Waals surface area contributed by atoms with Crippen LogP contribution in [0.3, 0.4) is 0 Å². The van der Waals surface area contributed by atoms with E-state index in [9.17, 15) is 0 Å². The Balaban J connectivity index is -0.00000113. The second-order valence-electron chi connectivity index (χ2n) is 7.71. The topological polar surface area (TPSA) is 56.5 Å². The number of nitrogens with two attached hydrogens (primary N) is 1. The minimum absolute atomic E-state index is 0.207. The van der Waals surface area contributed by atoms with E-state index in [-0.39, 0.29) is 11.6 Å². The van der Waals surface area contributed by atoms with Gasteiger partial charge in [-0.25, -0.2) is 0 Å². The van der Waals surface area contributed by atoms with Crippen molar-refractivity contribution >= 4 is 7.85 Å². The van der Waals surface area contributed by atoms with Crippen LogP contribution in [-0.2, 0) is 9.47 Å². The molecule has 0 aromatic rings. The first-order chi connectivity index (χ1) is 12.7. The summed E-state index contributed by atoms with van der Waals surface area (Å²) in [5, 5.41) is 3.30. The van der Waals surface area contributed by atoms with Gasteiger partial charge in [-0.05, 0) is 47.1 Å². The molecule has 0 rings (SSSR count). The maximum absolute atomic E-state index is 6.45. The SMILES string of the molecule is C=CC.CC.[B]C(C)(NC(=C)C(C)(C)CCOC(C)N)C(C)(C)OC(=C)C=C. The predicted molar refractivity (Wildman–Crippen MR) is 126 cm³/mol. The van der Waals surface area contributed by atoms with Crippen molar-refractivity contribution in [3.8, 4) is 0 Å². The largest absolute Gasteiger partial charge is 0.487 e. The van der Waals surface area contributed by atoms with Crippen LogP contribution in [0.25, 0.3) is 0 Å². The predicted octanol–water partition coefficient (Wildman–Crippen LogP) is 5.43. The smallest absolute Gasteiger partial charge is 0.117 e. The van der Waals surface area contributed by atoms with Crippen molar-refractivity contribution in [1.29, 1.82) is 0 Å². The Labute approximate surface area is 176 Å². The van der Waals surface area contributed by atoms with Crippen molar-refractivity contribution in [3.63, 3.8) is 0 Å². The van der Waals surface area contributed by atoms with Crippen molar-refractivity contribution in [2.45, 2.75) is 86.0 Å². The summed E-state index contributed by atoms with van der Waals surface area (Å²) in [7, 11) is 6.45. The average Bonchev–Trinajstić information content (AvgIpc) is 2.55. The molecule has 0 amide bonds. The molecule has 2 unspecified atom stereocenters. The third kappa shape index (κ3) is 12.8. The van der Waals surface area contributed by atoms with Crippen LogP contribution >= 0.6 is 0 Å². The highest BCUT2D eigenvalue weighted by Gasteiger charge is 2.40. The monoisotopic (exact) mass is 392 g/mol. The van der Waals surface area contributed by atoms with Gasteiger partial charge < -0.3 is 20.5 Å². The van der Waals surface area contributed by atoms with Crippen LogP contribution < -0.4 is 11.1 Å². The quantitative estimate of drug-likeness (QED) is 0.162. The molecule has 0 aliphatic heterocycles. The number of nitrogens with one attached hydrogen (secondary N) is 1. The summed E-state index contributed by atoms with van der Waals surface area (Å²) in [5.41, 5.74) is 4.65. The maximum Gasteiger partial charge on any atom is 0.117 e. The van der Waals surface area contributed by atoms with Gasteiger partial charge in [0.2, 0.25) is 0 Å². The second-order valence-corrected chi connectivity index (χ2v) is 7.71. The molecule has 0 heterocycles. The lowest BCUT2D eigenvalue weighted by atomic mass is 9.67. The molecule has 4 nitrogen and oxygen atoms in total. The van der Waals surface area contributed by atoms with Crippen LogP contribution in [0.4, 0.5) is 0 Å². The molecule has 0 spiro atoms. The molecule has 0 bridgehead atoms. The zero-order valence-corrected chi connectivity index (χ0v) is 19.9. The lowest BCUT2D eigenvalue weighted by Crippen LogP contribution is -2.60. The molecule has 0 aromatic heterocycles. The minimum atomic E-state index is -0.852. The Morgan fingerprint density at radius 1 is 1.14 bits per heavy atom. The van der Waals surface area contributed by atoms with E-state index < -0.39 is 11.0 Å². The standard InChI is InChI=1S/C18H33BN2O2.C3H6.C2H6/c1-10-13(2)23-17(7,8)18(9,19)21-14(3)16(5,6)11-12-22-15(4)20;1-3-2;1-2/h10,15,21H,1-3,11-12,20H2,4-9H3;3H,1H2,2H3;1-2H3. The first-order valence-corrected chi connectivity index (χ1v) is 9.88.